The number of hydrogen-bond acceptors (Lipinski definition) is 2. The van der Waals surface area contributed by atoms with Gasteiger partial charge >= 0.3 is 0 Å². The summed E-state index contributed by atoms with van der Waals surface area (Å²) in [7, 11) is 1.98. The number of benzene rings is 2. The number of rotatable bonds is 4. The summed E-state index contributed by atoms with van der Waals surface area (Å²) in [6.07, 6.45) is 2.11. The van der Waals surface area contributed by atoms with Crippen LogP contribution >= 0.6 is 23.2 Å². The Labute approximate surface area is 146 Å². The topological polar surface area (TPSA) is 32.3 Å². The lowest BCUT2D eigenvalue weighted by Gasteiger charge is -2.24. The second-order valence-electron chi connectivity index (χ2n) is 5.82. The zero-order valence-electron chi connectivity index (χ0n) is 12.9. The van der Waals surface area contributed by atoms with Crippen LogP contribution < -0.4 is 5.32 Å². The van der Waals surface area contributed by atoms with Crippen LogP contribution in [0.25, 0.3) is 0 Å². The number of amides is 1. The Kier molecular flexibility index (Phi) is 4.90. The molecule has 0 spiro atoms. The first-order chi connectivity index (χ1) is 11.1. The maximum absolute atomic E-state index is 12.3. The third-order valence-corrected chi connectivity index (χ3v) is 5.07. The zero-order valence-corrected chi connectivity index (χ0v) is 14.4. The summed E-state index contributed by atoms with van der Waals surface area (Å²) in [5.74, 6) is -0.0963. The molecule has 2 aromatic carbocycles. The summed E-state index contributed by atoms with van der Waals surface area (Å²) in [6.45, 7) is 0.307. The van der Waals surface area contributed by atoms with Gasteiger partial charge in [-0.05, 0) is 43.1 Å². The molecule has 0 unspecified atom stereocenters. The molecule has 0 bridgehead atoms. The lowest BCUT2D eigenvalue weighted by Crippen LogP contribution is -2.32. The summed E-state index contributed by atoms with van der Waals surface area (Å²) in [6, 6.07) is 13.9. The van der Waals surface area contributed by atoms with Crippen molar-refractivity contribution in [3.8, 4) is 0 Å². The van der Waals surface area contributed by atoms with Gasteiger partial charge in [-0.15, -0.1) is 0 Å². The van der Waals surface area contributed by atoms with Crippen LogP contribution in [0.3, 0.4) is 0 Å². The van der Waals surface area contributed by atoms with Gasteiger partial charge in [-0.2, -0.15) is 0 Å². The molecule has 120 valence electrons. The fourth-order valence-corrected chi connectivity index (χ4v) is 3.47. The molecule has 0 radical (unpaired) electrons. The van der Waals surface area contributed by atoms with E-state index in [0.29, 0.717) is 22.3 Å². The number of carbonyl (C=O) groups is 1. The predicted octanol–water partition coefficient (Wildman–Crippen LogP) is 4.55. The summed E-state index contributed by atoms with van der Waals surface area (Å²) in [4.78, 5) is 14.4. The molecular weight excluding hydrogens is 331 g/mol. The molecule has 3 rings (SSSR count). The number of carbonyl (C=O) groups excluding carboxylic acids is 1. The first kappa shape index (κ1) is 16.3. The minimum absolute atomic E-state index is 0.0963. The van der Waals surface area contributed by atoms with Gasteiger partial charge in [0.25, 0.3) is 0 Å². The van der Waals surface area contributed by atoms with Gasteiger partial charge in [-0.1, -0.05) is 53.5 Å². The molecule has 0 aliphatic heterocycles. The summed E-state index contributed by atoms with van der Waals surface area (Å²) < 4.78 is 0. The van der Waals surface area contributed by atoms with Crippen molar-refractivity contribution in [1.29, 1.82) is 0 Å². The minimum Gasteiger partial charge on any atom is -0.324 e. The van der Waals surface area contributed by atoms with E-state index in [1.54, 1.807) is 18.2 Å². The Morgan fingerprint density at radius 1 is 1.22 bits per heavy atom. The molecule has 5 heteroatoms. The lowest BCUT2D eigenvalue weighted by atomic mass is 10.1. The van der Waals surface area contributed by atoms with Crippen LogP contribution in [0.15, 0.2) is 42.5 Å². The molecule has 1 atom stereocenters. The molecule has 3 nitrogen and oxygen atoms in total. The number of aryl methyl sites for hydroxylation is 1. The third-order valence-electron chi connectivity index (χ3n) is 4.25. The summed E-state index contributed by atoms with van der Waals surface area (Å²) in [5.41, 5.74) is 3.25. The van der Waals surface area contributed by atoms with Crippen molar-refractivity contribution < 1.29 is 4.79 Å². The van der Waals surface area contributed by atoms with E-state index < -0.39 is 0 Å². The van der Waals surface area contributed by atoms with Gasteiger partial charge < -0.3 is 5.32 Å². The normalized spacial score (nSPS) is 16.4. The average Bonchev–Trinajstić information content (AvgIpc) is 2.96. The first-order valence-electron chi connectivity index (χ1n) is 7.58. The second kappa shape index (κ2) is 6.91. The van der Waals surface area contributed by atoms with Crippen LogP contribution in [-0.4, -0.2) is 24.4 Å². The Morgan fingerprint density at radius 2 is 2.00 bits per heavy atom. The van der Waals surface area contributed by atoms with Crippen molar-refractivity contribution in [2.45, 2.75) is 18.9 Å². The molecule has 1 amide bonds. The van der Waals surface area contributed by atoms with Crippen LogP contribution in [0.1, 0.15) is 23.6 Å². The van der Waals surface area contributed by atoms with Crippen LogP contribution in [0.5, 0.6) is 0 Å². The second-order valence-corrected chi connectivity index (χ2v) is 6.60. The van der Waals surface area contributed by atoms with Crippen molar-refractivity contribution >= 4 is 34.8 Å². The van der Waals surface area contributed by atoms with E-state index >= 15 is 0 Å². The van der Waals surface area contributed by atoms with Gasteiger partial charge in [0.2, 0.25) is 5.91 Å². The van der Waals surface area contributed by atoms with Crippen molar-refractivity contribution in [2.24, 2.45) is 0 Å². The highest BCUT2D eigenvalue weighted by molar-refractivity contribution is 6.43. The van der Waals surface area contributed by atoms with E-state index in [0.717, 1.165) is 12.8 Å². The largest absolute Gasteiger partial charge is 0.324 e. The van der Waals surface area contributed by atoms with Crippen molar-refractivity contribution in [2.75, 3.05) is 18.9 Å². The molecule has 0 aromatic heterocycles. The molecule has 1 N–H and O–H groups in total. The highest BCUT2D eigenvalue weighted by atomic mass is 35.5. The van der Waals surface area contributed by atoms with E-state index in [4.69, 9.17) is 23.2 Å². The van der Waals surface area contributed by atoms with E-state index in [9.17, 15) is 4.79 Å². The highest BCUT2D eigenvalue weighted by Gasteiger charge is 2.26. The van der Waals surface area contributed by atoms with Crippen LogP contribution in [0, 0.1) is 0 Å². The SMILES string of the molecule is CN(CC(=O)Nc1cccc(Cl)c1Cl)[C@H]1CCc2ccccc21. The average molecular weight is 349 g/mol. The number of nitrogens with zero attached hydrogens (tertiary/aromatic N) is 1. The van der Waals surface area contributed by atoms with E-state index in [1.807, 2.05) is 7.05 Å². The Balaban J connectivity index is 1.65. The number of halogens is 2. The fourth-order valence-electron chi connectivity index (χ4n) is 3.12. The number of anilines is 1. The Hall–Kier alpha value is -1.55. The summed E-state index contributed by atoms with van der Waals surface area (Å²) >= 11 is 12.1. The van der Waals surface area contributed by atoms with Crippen LogP contribution in [0.2, 0.25) is 10.0 Å². The molecule has 1 aliphatic carbocycles. The quantitative estimate of drug-likeness (QED) is 0.878. The monoisotopic (exact) mass is 348 g/mol. The molecule has 23 heavy (non-hydrogen) atoms. The third kappa shape index (κ3) is 3.52. The molecule has 2 aromatic rings. The van der Waals surface area contributed by atoms with E-state index in [1.165, 1.54) is 11.1 Å². The number of nitrogens with one attached hydrogen (secondary N) is 1. The van der Waals surface area contributed by atoms with Gasteiger partial charge in [-0.25, -0.2) is 0 Å². The Morgan fingerprint density at radius 3 is 2.83 bits per heavy atom. The maximum Gasteiger partial charge on any atom is 0.238 e. The van der Waals surface area contributed by atoms with E-state index in [-0.39, 0.29) is 11.9 Å². The molecule has 0 fully saturated rings. The molecular formula is C18H18Cl2N2O. The van der Waals surface area contributed by atoms with Crippen molar-refractivity contribution in [3.05, 3.63) is 63.6 Å². The molecule has 0 saturated carbocycles. The zero-order chi connectivity index (χ0) is 16.4. The maximum atomic E-state index is 12.3. The van der Waals surface area contributed by atoms with Crippen LogP contribution in [0.4, 0.5) is 5.69 Å². The summed E-state index contributed by atoms with van der Waals surface area (Å²) in [5, 5.41) is 3.64. The molecule has 0 heterocycles. The van der Waals surface area contributed by atoms with Gasteiger partial charge in [-0.3, -0.25) is 9.69 Å². The highest BCUT2D eigenvalue weighted by Crippen LogP contribution is 2.35. The number of fused-ring (bicyclic) bond motifs is 1. The molecule has 0 saturated heterocycles. The van der Waals surface area contributed by atoms with Gasteiger partial charge in [0.15, 0.2) is 0 Å². The van der Waals surface area contributed by atoms with Gasteiger partial charge in [0, 0.05) is 6.04 Å². The predicted molar refractivity (Wildman–Crippen MR) is 95.2 cm³/mol. The standard InChI is InChI=1S/C18H18Cl2N2O/c1-22(16-10-9-12-5-2-3-6-13(12)16)11-17(23)21-15-8-4-7-14(19)18(15)20/h2-8,16H,9-11H2,1H3,(H,21,23)/t16-/m0/s1. The fraction of sp³-hybridized carbons (Fsp3) is 0.278. The smallest absolute Gasteiger partial charge is 0.238 e. The van der Waals surface area contributed by atoms with Gasteiger partial charge in [0.05, 0.1) is 22.3 Å². The van der Waals surface area contributed by atoms with Gasteiger partial charge in [0.1, 0.15) is 0 Å². The van der Waals surface area contributed by atoms with Crippen molar-refractivity contribution in [1.82, 2.24) is 4.90 Å². The lowest BCUT2D eigenvalue weighted by molar-refractivity contribution is -0.117. The van der Waals surface area contributed by atoms with Crippen molar-refractivity contribution in [3.63, 3.8) is 0 Å². The molecule has 1 aliphatic rings. The minimum atomic E-state index is -0.0963. The van der Waals surface area contributed by atoms with E-state index in [2.05, 4.69) is 34.5 Å². The Bertz CT molecular complexity index is 733. The number of hydrogen-bond donors (Lipinski definition) is 1. The number of likely N-dealkylation sites (N-methyl/N-ethyl adjacent to an activating group) is 1. The first-order valence-corrected chi connectivity index (χ1v) is 8.34. The van der Waals surface area contributed by atoms with Crippen LogP contribution in [-0.2, 0) is 11.2 Å².